The molecule has 0 aliphatic carbocycles. The first-order valence-corrected chi connectivity index (χ1v) is 12.9. The summed E-state index contributed by atoms with van der Waals surface area (Å²) in [6, 6.07) is 4.36. The molecule has 5 atom stereocenters. The maximum Gasteiger partial charge on any atom is 0.237 e. The smallest absolute Gasteiger partial charge is 0.237 e. The van der Waals surface area contributed by atoms with Gasteiger partial charge in [0.15, 0.2) is 0 Å². The molecular formula is C26H32Cl3FN4O4. The van der Waals surface area contributed by atoms with Gasteiger partial charge in [-0.2, -0.15) is 0 Å². The lowest BCUT2D eigenvalue weighted by Gasteiger charge is -2.37. The Labute approximate surface area is 237 Å². The summed E-state index contributed by atoms with van der Waals surface area (Å²) in [5.41, 5.74) is -0.458. The van der Waals surface area contributed by atoms with Crippen LogP contribution in [0.25, 0.3) is 0 Å². The van der Waals surface area contributed by atoms with Crippen LogP contribution in [0.4, 0.5) is 10.1 Å². The van der Waals surface area contributed by atoms with Crippen molar-refractivity contribution < 1.29 is 24.2 Å². The Morgan fingerprint density at radius 3 is 2.63 bits per heavy atom. The molecule has 5 N–H and O–H groups in total. The van der Waals surface area contributed by atoms with Crippen LogP contribution in [-0.2, 0) is 15.0 Å². The molecule has 1 fully saturated rings. The highest BCUT2D eigenvalue weighted by Crippen LogP contribution is 2.56. The molecule has 8 nitrogen and oxygen atoms in total. The van der Waals surface area contributed by atoms with Gasteiger partial charge in [-0.25, -0.2) is 4.39 Å². The fraction of sp³-hybridized carbons (Fsp3) is 0.500. The quantitative estimate of drug-likeness (QED) is 0.337. The number of aromatic nitrogens is 1. The minimum Gasteiger partial charge on any atom is -0.394 e. The summed E-state index contributed by atoms with van der Waals surface area (Å²) < 4.78 is 14.9. The minimum absolute atomic E-state index is 0. The van der Waals surface area contributed by atoms with Gasteiger partial charge < -0.3 is 26.2 Å². The standard InChI is InChI=1S/C26H31Cl2FN4O4.ClH/c1-25(2,3)11-20-26(15-9-17(29)16(28)10-18(15)32-24(26)37)21(19-8-13(27)4-6-30-19)22(33-20)23(36)31-7-5-14(35)12-34;/h4,6,8-10,14,20-22,33-35H,5,7,11-12H2,1-3H3,(H,31,36)(H,32,37);1H/t14-,20+,21-,22+,26-;/m0./s1. The number of hydrogen-bond donors (Lipinski definition) is 5. The maximum atomic E-state index is 14.9. The Balaban J connectivity index is 0.00000400. The average molecular weight is 590 g/mol. The highest BCUT2D eigenvalue weighted by atomic mass is 35.5. The molecule has 0 bridgehead atoms. The van der Waals surface area contributed by atoms with E-state index in [1.54, 1.807) is 12.1 Å². The Morgan fingerprint density at radius 2 is 2.00 bits per heavy atom. The molecule has 208 valence electrons. The van der Waals surface area contributed by atoms with Crippen LogP contribution in [0.2, 0.25) is 10.0 Å². The molecule has 1 aromatic carbocycles. The fourth-order valence-corrected chi connectivity index (χ4v) is 5.87. The number of pyridine rings is 1. The van der Waals surface area contributed by atoms with Crippen molar-refractivity contribution in [2.75, 3.05) is 18.5 Å². The second-order valence-corrected chi connectivity index (χ2v) is 11.7. The molecule has 0 saturated carbocycles. The second kappa shape index (κ2) is 11.6. The van der Waals surface area contributed by atoms with Crippen LogP contribution in [0, 0.1) is 11.2 Å². The van der Waals surface area contributed by atoms with E-state index in [-0.39, 0.29) is 41.7 Å². The van der Waals surface area contributed by atoms with E-state index in [2.05, 4.69) is 20.9 Å². The number of nitrogens with zero attached hydrogens (tertiary/aromatic N) is 1. The van der Waals surface area contributed by atoms with Crippen molar-refractivity contribution in [1.29, 1.82) is 0 Å². The van der Waals surface area contributed by atoms with Crippen LogP contribution in [0.15, 0.2) is 30.5 Å². The Kier molecular flexibility index (Phi) is 9.33. The van der Waals surface area contributed by atoms with Crippen LogP contribution in [0.1, 0.15) is 50.8 Å². The number of benzene rings is 1. The SMILES string of the molecule is CC(C)(C)C[C@H]1N[C@@H](C(=O)NCC[C@H](O)CO)[C@H](c2cc(Cl)ccn2)[C@@]12C(=O)Nc1cc(Cl)c(F)cc12.Cl. The topological polar surface area (TPSA) is 124 Å². The zero-order valence-corrected chi connectivity index (χ0v) is 23.6. The molecule has 2 aromatic rings. The van der Waals surface area contributed by atoms with Gasteiger partial charge in [0.05, 0.1) is 23.8 Å². The number of aliphatic hydroxyl groups excluding tert-OH is 2. The fourth-order valence-electron chi connectivity index (χ4n) is 5.54. The molecule has 38 heavy (non-hydrogen) atoms. The molecule has 4 rings (SSSR count). The summed E-state index contributed by atoms with van der Waals surface area (Å²) in [5.74, 6) is -2.32. The number of anilines is 1. The lowest BCUT2D eigenvalue weighted by atomic mass is 9.63. The molecule has 2 aliphatic rings. The van der Waals surface area contributed by atoms with E-state index < -0.39 is 47.9 Å². The second-order valence-electron chi connectivity index (χ2n) is 10.9. The van der Waals surface area contributed by atoms with Gasteiger partial charge in [0, 0.05) is 41.1 Å². The van der Waals surface area contributed by atoms with Gasteiger partial charge in [0.2, 0.25) is 11.8 Å². The normalized spacial score (nSPS) is 25.1. The number of halogens is 4. The van der Waals surface area contributed by atoms with Gasteiger partial charge in [0.1, 0.15) is 11.2 Å². The summed E-state index contributed by atoms with van der Waals surface area (Å²) in [4.78, 5) is 32.0. The molecule has 1 spiro atoms. The molecule has 1 saturated heterocycles. The first-order chi connectivity index (χ1) is 17.4. The van der Waals surface area contributed by atoms with Crippen LogP contribution in [-0.4, -0.2) is 58.4 Å². The van der Waals surface area contributed by atoms with Gasteiger partial charge in [-0.05, 0) is 48.1 Å². The monoisotopic (exact) mass is 588 g/mol. The molecule has 2 amide bonds. The van der Waals surface area contributed by atoms with Gasteiger partial charge in [-0.15, -0.1) is 12.4 Å². The third-order valence-electron chi connectivity index (χ3n) is 7.03. The number of hydrogen-bond acceptors (Lipinski definition) is 6. The van der Waals surface area contributed by atoms with E-state index in [1.807, 2.05) is 20.8 Å². The lowest BCUT2D eigenvalue weighted by Crippen LogP contribution is -2.49. The van der Waals surface area contributed by atoms with Crippen molar-refractivity contribution in [2.45, 2.75) is 63.1 Å². The van der Waals surface area contributed by atoms with E-state index in [0.29, 0.717) is 28.4 Å². The first-order valence-electron chi connectivity index (χ1n) is 12.1. The van der Waals surface area contributed by atoms with Crippen molar-refractivity contribution >= 4 is 53.1 Å². The highest BCUT2D eigenvalue weighted by Gasteiger charge is 2.66. The van der Waals surface area contributed by atoms with E-state index in [9.17, 15) is 19.1 Å². The highest BCUT2D eigenvalue weighted by molar-refractivity contribution is 6.31. The lowest BCUT2D eigenvalue weighted by molar-refractivity contribution is -0.124. The maximum absolute atomic E-state index is 14.9. The largest absolute Gasteiger partial charge is 0.394 e. The van der Waals surface area contributed by atoms with Gasteiger partial charge in [0.25, 0.3) is 0 Å². The minimum atomic E-state index is -1.39. The molecule has 0 radical (unpaired) electrons. The van der Waals surface area contributed by atoms with Crippen molar-refractivity contribution in [3.8, 4) is 0 Å². The molecule has 0 unspecified atom stereocenters. The molecule has 1 aromatic heterocycles. The summed E-state index contributed by atoms with van der Waals surface area (Å²) in [6.07, 6.45) is 1.17. The van der Waals surface area contributed by atoms with Gasteiger partial charge in [-0.3, -0.25) is 14.6 Å². The van der Waals surface area contributed by atoms with Crippen LogP contribution in [0.3, 0.4) is 0 Å². The average Bonchev–Trinajstić information content (AvgIpc) is 3.28. The number of fused-ring (bicyclic) bond motifs is 2. The van der Waals surface area contributed by atoms with E-state index >= 15 is 0 Å². The van der Waals surface area contributed by atoms with Crippen molar-refractivity contribution in [2.24, 2.45) is 5.41 Å². The predicted octanol–water partition coefficient (Wildman–Crippen LogP) is 3.56. The zero-order chi connectivity index (χ0) is 27.1. The third-order valence-corrected chi connectivity index (χ3v) is 7.56. The summed E-state index contributed by atoms with van der Waals surface area (Å²) in [5, 5.41) is 28.1. The Bertz CT molecular complexity index is 1210. The number of amides is 2. The van der Waals surface area contributed by atoms with Crippen LogP contribution >= 0.6 is 35.6 Å². The number of rotatable bonds is 7. The third kappa shape index (κ3) is 5.64. The molecule has 3 heterocycles. The van der Waals surface area contributed by atoms with E-state index in [1.165, 1.54) is 18.3 Å². The predicted molar refractivity (Wildman–Crippen MR) is 146 cm³/mol. The summed E-state index contributed by atoms with van der Waals surface area (Å²) in [7, 11) is 0. The van der Waals surface area contributed by atoms with Gasteiger partial charge >= 0.3 is 0 Å². The summed E-state index contributed by atoms with van der Waals surface area (Å²) >= 11 is 12.4. The Hall–Kier alpha value is -2.01. The van der Waals surface area contributed by atoms with E-state index in [4.69, 9.17) is 28.3 Å². The molecule has 12 heteroatoms. The number of carbonyl (C=O) groups is 2. The first kappa shape index (κ1) is 30.5. The van der Waals surface area contributed by atoms with Gasteiger partial charge in [-0.1, -0.05) is 44.0 Å². The molecular weight excluding hydrogens is 558 g/mol. The summed E-state index contributed by atoms with van der Waals surface area (Å²) in [6.45, 7) is 5.76. The number of carbonyl (C=O) groups excluding carboxylic acids is 2. The molecule has 2 aliphatic heterocycles. The number of nitrogens with one attached hydrogen (secondary N) is 3. The van der Waals surface area contributed by atoms with Crippen LogP contribution < -0.4 is 16.0 Å². The van der Waals surface area contributed by atoms with E-state index in [0.717, 1.165) is 0 Å². The number of aliphatic hydroxyl groups is 2. The van der Waals surface area contributed by atoms with Crippen molar-refractivity contribution in [3.63, 3.8) is 0 Å². The zero-order valence-electron chi connectivity index (χ0n) is 21.2. The van der Waals surface area contributed by atoms with Crippen LogP contribution in [0.5, 0.6) is 0 Å². The van der Waals surface area contributed by atoms with Crippen molar-refractivity contribution in [3.05, 3.63) is 57.6 Å². The Morgan fingerprint density at radius 1 is 1.29 bits per heavy atom. The van der Waals surface area contributed by atoms with Crippen molar-refractivity contribution in [1.82, 2.24) is 15.6 Å².